The van der Waals surface area contributed by atoms with Gasteiger partial charge in [-0.25, -0.2) is 0 Å². The fraction of sp³-hybridized carbons (Fsp3) is 0.333. The summed E-state index contributed by atoms with van der Waals surface area (Å²) in [5.74, 6) is -0.389. The molecular formula is C21H24N2O2. The summed E-state index contributed by atoms with van der Waals surface area (Å²) in [6, 6.07) is 15.8. The third-order valence-electron chi connectivity index (χ3n) is 4.79. The summed E-state index contributed by atoms with van der Waals surface area (Å²) in [6.07, 6.45) is 2.09. The van der Waals surface area contributed by atoms with Gasteiger partial charge in [-0.3, -0.25) is 9.59 Å². The average Bonchev–Trinajstić information content (AvgIpc) is 3.04. The number of carbonyl (C=O) groups excluding carboxylic acids is 2. The molecule has 1 fully saturated rings. The summed E-state index contributed by atoms with van der Waals surface area (Å²) in [7, 11) is 0. The molecule has 1 atom stereocenters. The van der Waals surface area contributed by atoms with E-state index in [0.717, 1.165) is 29.8 Å². The standard InChI is InChI=1S/C21H24N2O2/c1-3-15-9-11-18(12-10-15)22-21(25)17-13-20(24)23(14-17)19-8-6-5-7-16(19)4-2/h5-12,17H,3-4,13-14H2,1-2H3,(H,22,25)/t17-/m0/s1. The highest BCUT2D eigenvalue weighted by atomic mass is 16.2. The summed E-state index contributed by atoms with van der Waals surface area (Å²) < 4.78 is 0. The maximum Gasteiger partial charge on any atom is 0.229 e. The number of para-hydroxylation sites is 1. The number of nitrogens with zero attached hydrogens (tertiary/aromatic N) is 1. The summed E-state index contributed by atoms with van der Waals surface area (Å²) >= 11 is 0. The zero-order valence-electron chi connectivity index (χ0n) is 14.8. The number of hydrogen-bond donors (Lipinski definition) is 1. The van der Waals surface area contributed by atoms with Gasteiger partial charge in [0, 0.05) is 24.3 Å². The van der Waals surface area contributed by atoms with Crippen molar-refractivity contribution in [1.29, 1.82) is 0 Å². The van der Waals surface area contributed by atoms with Gasteiger partial charge in [0.2, 0.25) is 11.8 Å². The number of amides is 2. The van der Waals surface area contributed by atoms with Crippen LogP contribution in [-0.4, -0.2) is 18.4 Å². The Labute approximate surface area is 148 Å². The Morgan fingerprint density at radius 3 is 2.48 bits per heavy atom. The number of benzene rings is 2. The van der Waals surface area contributed by atoms with Crippen LogP contribution in [0.1, 0.15) is 31.4 Å². The van der Waals surface area contributed by atoms with E-state index in [0.29, 0.717) is 6.54 Å². The zero-order valence-corrected chi connectivity index (χ0v) is 14.8. The number of anilines is 2. The van der Waals surface area contributed by atoms with Crippen molar-refractivity contribution in [2.45, 2.75) is 33.1 Å². The van der Waals surface area contributed by atoms with Gasteiger partial charge < -0.3 is 10.2 Å². The summed E-state index contributed by atoms with van der Waals surface area (Å²) in [4.78, 5) is 26.7. The predicted molar refractivity (Wildman–Crippen MR) is 101 cm³/mol. The Balaban J connectivity index is 1.70. The number of nitrogens with one attached hydrogen (secondary N) is 1. The van der Waals surface area contributed by atoms with Crippen LogP contribution in [0.15, 0.2) is 48.5 Å². The Morgan fingerprint density at radius 2 is 1.80 bits per heavy atom. The molecule has 0 aromatic heterocycles. The molecule has 1 aliphatic rings. The SMILES string of the molecule is CCc1ccc(NC(=O)[C@H]2CC(=O)N(c3ccccc3CC)C2)cc1. The van der Waals surface area contributed by atoms with Gasteiger partial charge in [-0.05, 0) is 42.2 Å². The zero-order chi connectivity index (χ0) is 17.8. The van der Waals surface area contributed by atoms with Crippen LogP contribution in [0.4, 0.5) is 11.4 Å². The van der Waals surface area contributed by atoms with E-state index in [4.69, 9.17) is 0 Å². The second-order valence-corrected chi connectivity index (χ2v) is 6.43. The van der Waals surface area contributed by atoms with E-state index in [1.807, 2.05) is 48.5 Å². The molecule has 0 bridgehead atoms. The van der Waals surface area contributed by atoms with E-state index in [9.17, 15) is 9.59 Å². The molecule has 0 aliphatic carbocycles. The first-order valence-corrected chi connectivity index (χ1v) is 8.90. The Kier molecular flexibility index (Phi) is 5.17. The van der Waals surface area contributed by atoms with Crippen LogP contribution in [-0.2, 0) is 22.4 Å². The van der Waals surface area contributed by atoms with Gasteiger partial charge >= 0.3 is 0 Å². The van der Waals surface area contributed by atoms with Crippen LogP contribution >= 0.6 is 0 Å². The van der Waals surface area contributed by atoms with Gasteiger partial charge in [-0.2, -0.15) is 0 Å². The van der Waals surface area contributed by atoms with Crippen LogP contribution < -0.4 is 10.2 Å². The summed E-state index contributed by atoms with van der Waals surface area (Å²) in [6.45, 7) is 4.61. The molecule has 4 heteroatoms. The molecule has 2 aromatic rings. The highest BCUT2D eigenvalue weighted by Crippen LogP contribution is 2.29. The van der Waals surface area contributed by atoms with Gasteiger partial charge in [0.15, 0.2) is 0 Å². The molecule has 1 heterocycles. The number of hydrogen-bond acceptors (Lipinski definition) is 2. The third kappa shape index (κ3) is 3.73. The molecule has 0 saturated carbocycles. The van der Waals surface area contributed by atoms with Crippen molar-refractivity contribution in [3.63, 3.8) is 0 Å². The van der Waals surface area contributed by atoms with Crippen molar-refractivity contribution < 1.29 is 9.59 Å². The molecule has 0 spiro atoms. The molecule has 1 N–H and O–H groups in total. The van der Waals surface area contributed by atoms with Crippen LogP contribution in [0.2, 0.25) is 0 Å². The monoisotopic (exact) mass is 336 g/mol. The summed E-state index contributed by atoms with van der Waals surface area (Å²) in [5, 5.41) is 2.94. The third-order valence-corrected chi connectivity index (χ3v) is 4.79. The molecule has 0 unspecified atom stereocenters. The van der Waals surface area contributed by atoms with Crippen molar-refractivity contribution >= 4 is 23.2 Å². The van der Waals surface area contributed by atoms with E-state index < -0.39 is 0 Å². The highest BCUT2D eigenvalue weighted by molar-refractivity contribution is 6.03. The van der Waals surface area contributed by atoms with Gasteiger partial charge in [-0.1, -0.05) is 44.2 Å². The molecule has 2 aromatic carbocycles. The second-order valence-electron chi connectivity index (χ2n) is 6.43. The lowest BCUT2D eigenvalue weighted by atomic mass is 10.1. The Morgan fingerprint density at radius 1 is 1.08 bits per heavy atom. The lowest BCUT2D eigenvalue weighted by molar-refractivity contribution is -0.122. The van der Waals surface area contributed by atoms with E-state index in [2.05, 4.69) is 19.2 Å². The van der Waals surface area contributed by atoms with Gasteiger partial charge in [-0.15, -0.1) is 0 Å². The van der Waals surface area contributed by atoms with Crippen molar-refractivity contribution in [1.82, 2.24) is 0 Å². The summed E-state index contributed by atoms with van der Waals surface area (Å²) in [5.41, 5.74) is 4.07. The average molecular weight is 336 g/mol. The molecule has 3 rings (SSSR count). The Bertz CT molecular complexity index is 768. The number of aryl methyl sites for hydroxylation is 2. The van der Waals surface area contributed by atoms with Gasteiger partial charge in [0.1, 0.15) is 0 Å². The molecule has 25 heavy (non-hydrogen) atoms. The largest absolute Gasteiger partial charge is 0.326 e. The number of rotatable bonds is 5. The predicted octanol–water partition coefficient (Wildman–Crippen LogP) is 3.80. The molecular weight excluding hydrogens is 312 g/mol. The van der Waals surface area contributed by atoms with E-state index >= 15 is 0 Å². The van der Waals surface area contributed by atoms with E-state index in [1.165, 1.54) is 5.56 Å². The first-order valence-electron chi connectivity index (χ1n) is 8.90. The fourth-order valence-corrected chi connectivity index (χ4v) is 3.26. The Hall–Kier alpha value is -2.62. The van der Waals surface area contributed by atoms with Gasteiger partial charge in [0.05, 0.1) is 5.92 Å². The van der Waals surface area contributed by atoms with Crippen molar-refractivity contribution in [2.75, 3.05) is 16.8 Å². The van der Waals surface area contributed by atoms with E-state index in [1.54, 1.807) is 4.90 Å². The maximum absolute atomic E-state index is 12.6. The van der Waals surface area contributed by atoms with Gasteiger partial charge in [0.25, 0.3) is 0 Å². The smallest absolute Gasteiger partial charge is 0.229 e. The lowest BCUT2D eigenvalue weighted by Crippen LogP contribution is -2.28. The first-order chi connectivity index (χ1) is 12.1. The minimum absolute atomic E-state index is 0.0161. The quantitative estimate of drug-likeness (QED) is 0.903. The molecule has 1 saturated heterocycles. The fourth-order valence-electron chi connectivity index (χ4n) is 3.26. The minimum Gasteiger partial charge on any atom is -0.326 e. The maximum atomic E-state index is 12.6. The molecule has 1 aliphatic heterocycles. The van der Waals surface area contributed by atoms with Crippen molar-refractivity contribution in [3.05, 3.63) is 59.7 Å². The van der Waals surface area contributed by atoms with Crippen LogP contribution in [0, 0.1) is 5.92 Å². The van der Waals surface area contributed by atoms with Crippen LogP contribution in [0.25, 0.3) is 0 Å². The topological polar surface area (TPSA) is 49.4 Å². The van der Waals surface area contributed by atoms with Crippen LogP contribution in [0.5, 0.6) is 0 Å². The lowest BCUT2D eigenvalue weighted by Gasteiger charge is -2.20. The van der Waals surface area contributed by atoms with E-state index in [-0.39, 0.29) is 24.2 Å². The molecule has 4 nitrogen and oxygen atoms in total. The van der Waals surface area contributed by atoms with Crippen molar-refractivity contribution in [2.24, 2.45) is 5.92 Å². The first kappa shape index (κ1) is 17.2. The highest BCUT2D eigenvalue weighted by Gasteiger charge is 2.35. The second kappa shape index (κ2) is 7.51. The minimum atomic E-state index is -0.316. The normalized spacial score (nSPS) is 17.0. The molecule has 130 valence electrons. The van der Waals surface area contributed by atoms with Crippen molar-refractivity contribution in [3.8, 4) is 0 Å². The molecule has 2 amide bonds. The molecule has 0 radical (unpaired) electrons. The van der Waals surface area contributed by atoms with Crippen LogP contribution in [0.3, 0.4) is 0 Å². The number of carbonyl (C=O) groups is 2.